The molecule has 1 N–H and O–H groups in total. The molecule has 2 aromatic carbocycles. The number of hydrogen-bond donors (Lipinski definition) is 1. The Morgan fingerprint density at radius 3 is 2.56 bits per heavy atom. The summed E-state index contributed by atoms with van der Waals surface area (Å²) in [7, 11) is 0. The Labute approximate surface area is 150 Å². The van der Waals surface area contributed by atoms with Gasteiger partial charge in [-0.2, -0.15) is 0 Å². The molecule has 0 aliphatic heterocycles. The Hall–Kier alpha value is -2.49. The minimum atomic E-state index is -0.118. The van der Waals surface area contributed by atoms with Crippen LogP contribution in [0.3, 0.4) is 0 Å². The third-order valence-corrected chi connectivity index (χ3v) is 3.90. The topological polar surface area (TPSA) is 47.6 Å². The molecule has 1 atom stereocenters. The maximum Gasteiger partial charge on any atom is 0.223 e. The molecule has 0 spiro atoms. The summed E-state index contributed by atoms with van der Waals surface area (Å²) in [5.74, 6) is 1.57. The first kappa shape index (κ1) is 18.8. The summed E-state index contributed by atoms with van der Waals surface area (Å²) >= 11 is 0. The molecule has 4 heteroatoms. The van der Waals surface area contributed by atoms with E-state index in [1.54, 1.807) is 0 Å². The molecule has 25 heavy (non-hydrogen) atoms. The van der Waals surface area contributed by atoms with Gasteiger partial charge in [0, 0.05) is 5.56 Å². The minimum Gasteiger partial charge on any atom is -0.494 e. The van der Waals surface area contributed by atoms with E-state index in [0.29, 0.717) is 19.6 Å². The number of nitrogens with one attached hydrogen (secondary N) is 1. The summed E-state index contributed by atoms with van der Waals surface area (Å²) in [6, 6.07) is 13.7. The van der Waals surface area contributed by atoms with Gasteiger partial charge in [-0.05, 0) is 51.5 Å². The zero-order valence-corrected chi connectivity index (χ0v) is 15.5. The summed E-state index contributed by atoms with van der Waals surface area (Å²) < 4.78 is 11.3. The number of amides is 1. The van der Waals surface area contributed by atoms with Crippen molar-refractivity contribution in [3.63, 3.8) is 0 Å². The lowest BCUT2D eigenvalue weighted by Crippen LogP contribution is -2.28. The monoisotopic (exact) mass is 341 g/mol. The second kappa shape index (κ2) is 9.11. The highest BCUT2D eigenvalue weighted by Gasteiger charge is 2.14. The molecule has 0 heterocycles. The van der Waals surface area contributed by atoms with Gasteiger partial charge in [0.05, 0.1) is 25.7 Å². The summed E-state index contributed by atoms with van der Waals surface area (Å²) in [5, 5.41) is 3.02. The standard InChI is InChI=1S/C21H27NO3/c1-5-24-20-10-9-16(3)14-19(20)17(4)22-21(23)11-12-25-18-8-6-7-15(2)13-18/h6-10,13-14,17H,5,11-12H2,1-4H3,(H,22,23). The molecule has 0 aliphatic carbocycles. The van der Waals surface area contributed by atoms with Crippen LogP contribution in [-0.2, 0) is 4.79 Å². The number of hydrogen-bond acceptors (Lipinski definition) is 3. The quantitative estimate of drug-likeness (QED) is 0.776. The van der Waals surface area contributed by atoms with Crippen LogP contribution in [0.25, 0.3) is 0 Å². The molecule has 0 saturated heterocycles. The number of aryl methyl sites for hydroxylation is 2. The lowest BCUT2D eigenvalue weighted by Gasteiger charge is -2.19. The molecule has 4 nitrogen and oxygen atoms in total. The predicted molar refractivity (Wildman–Crippen MR) is 100 cm³/mol. The number of rotatable bonds is 8. The van der Waals surface area contributed by atoms with Crippen LogP contribution in [-0.4, -0.2) is 19.1 Å². The summed E-state index contributed by atoms with van der Waals surface area (Å²) in [4.78, 5) is 12.2. The summed E-state index contributed by atoms with van der Waals surface area (Å²) in [6.07, 6.45) is 0.314. The van der Waals surface area contributed by atoms with Crippen LogP contribution in [0.2, 0.25) is 0 Å². The molecule has 0 aliphatic rings. The fraction of sp³-hybridized carbons (Fsp3) is 0.381. The van der Waals surface area contributed by atoms with E-state index >= 15 is 0 Å². The van der Waals surface area contributed by atoms with Crippen LogP contribution in [0, 0.1) is 13.8 Å². The molecule has 1 amide bonds. The molecule has 0 saturated carbocycles. The largest absolute Gasteiger partial charge is 0.494 e. The second-order valence-electron chi connectivity index (χ2n) is 6.18. The first-order valence-corrected chi connectivity index (χ1v) is 8.71. The molecule has 1 unspecified atom stereocenters. The van der Waals surface area contributed by atoms with E-state index in [2.05, 4.69) is 11.4 Å². The predicted octanol–water partition coefficient (Wildman–Crippen LogP) is 4.35. The SMILES string of the molecule is CCOc1ccc(C)cc1C(C)NC(=O)CCOc1cccc(C)c1. The average molecular weight is 341 g/mol. The highest BCUT2D eigenvalue weighted by atomic mass is 16.5. The molecule has 134 valence electrons. The Morgan fingerprint density at radius 1 is 1.08 bits per heavy atom. The summed E-state index contributed by atoms with van der Waals surface area (Å²) in [5.41, 5.74) is 3.27. The van der Waals surface area contributed by atoms with Crippen LogP contribution in [0.1, 0.15) is 43.0 Å². The van der Waals surface area contributed by atoms with Crippen molar-refractivity contribution in [1.29, 1.82) is 0 Å². The minimum absolute atomic E-state index is 0.0379. The third kappa shape index (κ3) is 5.82. The second-order valence-corrected chi connectivity index (χ2v) is 6.18. The van der Waals surface area contributed by atoms with Gasteiger partial charge in [-0.1, -0.05) is 29.8 Å². The van der Waals surface area contributed by atoms with Crippen molar-refractivity contribution in [2.45, 2.75) is 40.2 Å². The van der Waals surface area contributed by atoms with Crippen LogP contribution in [0.4, 0.5) is 0 Å². The van der Waals surface area contributed by atoms with Gasteiger partial charge < -0.3 is 14.8 Å². The van der Waals surface area contributed by atoms with Crippen molar-refractivity contribution in [3.05, 3.63) is 59.2 Å². The smallest absolute Gasteiger partial charge is 0.223 e. The van der Waals surface area contributed by atoms with Gasteiger partial charge in [0.1, 0.15) is 11.5 Å². The fourth-order valence-electron chi connectivity index (χ4n) is 2.65. The van der Waals surface area contributed by atoms with Crippen molar-refractivity contribution in [2.24, 2.45) is 0 Å². The normalized spacial score (nSPS) is 11.7. The van der Waals surface area contributed by atoms with Gasteiger partial charge >= 0.3 is 0 Å². The van der Waals surface area contributed by atoms with Gasteiger partial charge in [0.25, 0.3) is 0 Å². The van der Waals surface area contributed by atoms with Crippen LogP contribution < -0.4 is 14.8 Å². The van der Waals surface area contributed by atoms with E-state index < -0.39 is 0 Å². The van der Waals surface area contributed by atoms with Crippen molar-refractivity contribution >= 4 is 5.91 Å². The lowest BCUT2D eigenvalue weighted by atomic mass is 10.0. The first-order valence-electron chi connectivity index (χ1n) is 8.71. The molecule has 0 fully saturated rings. The Kier molecular flexibility index (Phi) is 6.87. The molecule has 2 rings (SSSR count). The highest BCUT2D eigenvalue weighted by Crippen LogP contribution is 2.26. The van der Waals surface area contributed by atoms with Crippen LogP contribution in [0.15, 0.2) is 42.5 Å². The fourth-order valence-corrected chi connectivity index (χ4v) is 2.65. The summed E-state index contributed by atoms with van der Waals surface area (Å²) in [6.45, 7) is 8.92. The molecular formula is C21H27NO3. The molecule has 2 aromatic rings. The zero-order valence-electron chi connectivity index (χ0n) is 15.5. The van der Waals surface area contributed by atoms with Gasteiger partial charge in [-0.3, -0.25) is 4.79 Å². The van der Waals surface area contributed by atoms with E-state index in [4.69, 9.17) is 9.47 Å². The zero-order chi connectivity index (χ0) is 18.2. The van der Waals surface area contributed by atoms with Gasteiger partial charge in [-0.15, -0.1) is 0 Å². The van der Waals surface area contributed by atoms with E-state index in [9.17, 15) is 4.79 Å². The first-order chi connectivity index (χ1) is 12.0. The highest BCUT2D eigenvalue weighted by molar-refractivity contribution is 5.76. The molecule has 0 radical (unpaired) electrons. The number of benzene rings is 2. The van der Waals surface area contributed by atoms with Crippen molar-refractivity contribution in [1.82, 2.24) is 5.32 Å². The van der Waals surface area contributed by atoms with Gasteiger partial charge in [0.2, 0.25) is 5.91 Å². The van der Waals surface area contributed by atoms with Crippen molar-refractivity contribution < 1.29 is 14.3 Å². The van der Waals surface area contributed by atoms with E-state index in [-0.39, 0.29) is 11.9 Å². The van der Waals surface area contributed by atoms with Crippen molar-refractivity contribution in [3.8, 4) is 11.5 Å². The Bertz CT molecular complexity index is 712. The van der Waals surface area contributed by atoms with Crippen LogP contribution >= 0.6 is 0 Å². The van der Waals surface area contributed by atoms with E-state index in [1.807, 2.05) is 64.1 Å². The maximum absolute atomic E-state index is 12.2. The van der Waals surface area contributed by atoms with Gasteiger partial charge in [-0.25, -0.2) is 0 Å². The number of carbonyl (C=O) groups excluding carboxylic acids is 1. The Morgan fingerprint density at radius 2 is 1.84 bits per heavy atom. The molecule has 0 aromatic heterocycles. The third-order valence-electron chi connectivity index (χ3n) is 3.90. The number of carbonyl (C=O) groups is 1. The maximum atomic E-state index is 12.2. The van der Waals surface area contributed by atoms with Crippen molar-refractivity contribution in [2.75, 3.05) is 13.2 Å². The van der Waals surface area contributed by atoms with Gasteiger partial charge in [0.15, 0.2) is 0 Å². The van der Waals surface area contributed by atoms with E-state index in [1.165, 1.54) is 0 Å². The number of ether oxygens (including phenoxy) is 2. The molecule has 0 bridgehead atoms. The average Bonchev–Trinajstić information content (AvgIpc) is 2.56. The Balaban J connectivity index is 1.88. The van der Waals surface area contributed by atoms with E-state index in [0.717, 1.165) is 28.2 Å². The molecular weight excluding hydrogens is 314 g/mol. The van der Waals surface area contributed by atoms with Crippen LogP contribution in [0.5, 0.6) is 11.5 Å². The lowest BCUT2D eigenvalue weighted by molar-refractivity contribution is -0.122.